The van der Waals surface area contributed by atoms with Crippen molar-refractivity contribution in [3.8, 4) is 0 Å². The first-order valence-corrected chi connectivity index (χ1v) is 6.92. The van der Waals surface area contributed by atoms with Gasteiger partial charge in [-0.15, -0.1) is 0 Å². The highest BCUT2D eigenvalue weighted by Crippen LogP contribution is 2.14. The van der Waals surface area contributed by atoms with Crippen molar-refractivity contribution >= 4 is 11.6 Å². The average molecular weight is 271 g/mol. The van der Waals surface area contributed by atoms with Gasteiger partial charge in [-0.1, -0.05) is 6.92 Å². The molecular weight excluding hydrogens is 250 g/mol. The first-order chi connectivity index (χ1) is 9.72. The Morgan fingerprint density at radius 3 is 2.70 bits per heavy atom. The smallest absolute Gasteiger partial charge is 0.133 e. The number of pyridine rings is 1. The van der Waals surface area contributed by atoms with Crippen molar-refractivity contribution < 1.29 is 0 Å². The highest BCUT2D eigenvalue weighted by atomic mass is 15.1. The first-order valence-electron chi connectivity index (χ1n) is 6.92. The number of aryl methyl sites for hydroxylation is 2. The van der Waals surface area contributed by atoms with Crippen LogP contribution < -0.4 is 10.6 Å². The molecule has 2 aromatic heterocycles. The summed E-state index contributed by atoms with van der Waals surface area (Å²) in [6.45, 7) is 4.93. The number of rotatable bonds is 6. The maximum Gasteiger partial charge on any atom is 0.133 e. The topological polar surface area (TPSA) is 62.7 Å². The summed E-state index contributed by atoms with van der Waals surface area (Å²) < 4.78 is 0. The second-order valence-corrected chi connectivity index (χ2v) is 4.71. The molecule has 0 spiro atoms. The lowest BCUT2D eigenvalue weighted by Crippen LogP contribution is -2.07. The summed E-state index contributed by atoms with van der Waals surface area (Å²) in [6.07, 6.45) is 5.61. The van der Waals surface area contributed by atoms with Gasteiger partial charge in [0.15, 0.2) is 0 Å². The van der Waals surface area contributed by atoms with E-state index in [0.29, 0.717) is 0 Å². The zero-order valence-electron chi connectivity index (χ0n) is 12.3. The molecule has 0 saturated carbocycles. The molecule has 0 aromatic carbocycles. The lowest BCUT2D eigenvalue weighted by molar-refractivity contribution is 0.835. The summed E-state index contributed by atoms with van der Waals surface area (Å²) in [5.41, 5.74) is 2.40. The monoisotopic (exact) mass is 271 g/mol. The van der Waals surface area contributed by atoms with Crippen LogP contribution in [0.4, 0.5) is 11.6 Å². The third-order valence-corrected chi connectivity index (χ3v) is 3.10. The summed E-state index contributed by atoms with van der Waals surface area (Å²) in [7, 11) is 1.87. The summed E-state index contributed by atoms with van der Waals surface area (Å²) in [6, 6.07) is 3.95. The minimum absolute atomic E-state index is 0.736. The molecule has 0 aliphatic heterocycles. The zero-order chi connectivity index (χ0) is 14.4. The van der Waals surface area contributed by atoms with E-state index in [1.165, 1.54) is 11.1 Å². The molecule has 0 amide bonds. The van der Waals surface area contributed by atoms with Crippen molar-refractivity contribution in [3.05, 3.63) is 41.5 Å². The van der Waals surface area contributed by atoms with Gasteiger partial charge < -0.3 is 10.6 Å². The van der Waals surface area contributed by atoms with Crippen molar-refractivity contribution in [2.75, 3.05) is 17.7 Å². The molecule has 2 heterocycles. The molecular formula is C15H21N5. The van der Waals surface area contributed by atoms with Gasteiger partial charge in [-0.3, -0.25) is 4.98 Å². The number of anilines is 2. The van der Waals surface area contributed by atoms with Crippen molar-refractivity contribution in [1.82, 2.24) is 15.0 Å². The Labute approximate surface area is 119 Å². The Hall–Kier alpha value is -2.17. The lowest BCUT2D eigenvalue weighted by atomic mass is 10.1. The SMILES string of the molecule is CCCc1nc(NC)cc(NCc2ccncc2C)n1. The van der Waals surface area contributed by atoms with E-state index in [2.05, 4.69) is 39.4 Å². The fraction of sp³-hybridized carbons (Fsp3) is 0.400. The van der Waals surface area contributed by atoms with Crippen LogP contribution in [0.2, 0.25) is 0 Å². The molecule has 5 heteroatoms. The fourth-order valence-electron chi connectivity index (χ4n) is 1.94. The van der Waals surface area contributed by atoms with Crippen molar-refractivity contribution in [1.29, 1.82) is 0 Å². The van der Waals surface area contributed by atoms with Gasteiger partial charge in [-0.05, 0) is 30.5 Å². The molecule has 0 aliphatic rings. The number of aromatic nitrogens is 3. The van der Waals surface area contributed by atoms with Crippen molar-refractivity contribution in [2.45, 2.75) is 33.2 Å². The molecule has 0 bridgehead atoms. The maximum absolute atomic E-state index is 4.54. The predicted octanol–water partition coefficient (Wildman–Crippen LogP) is 2.79. The number of nitrogens with zero attached hydrogens (tertiary/aromatic N) is 3. The number of hydrogen-bond acceptors (Lipinski definition) is 5. The van der Waals surface area contributed by atoms with E-state index < -0.39 is 0 Å². The lowest BCUT2D eigenvalue weighted by Gasteiger charge is -2.10. The van der Waals surface area contributed by atoms with E-state index in [1.54, 1.807) is 0 Å². The molecule has 2 rings (SSSR count). The minimum Gasteiger partial charge on any atom is -0.373 e. The quantitative estimate of drug-likeness (QED) is 0.846. The van der Waals surface area contributed by atoms with E-state index in [9.17, 15) is 0 Å². The molecule has 0 saturated heterocycles. The average Bonchev–Trinajstić information content (AvgIpc) is 2.46. The Kier molecular flexibility index (Phi) is 4.87. The van der Waals surface area contributed by atoms with Crippen LogP contribution in [-0.4, -0.2) is 22.0 Å². The van der Waals surface area contributed by atoms with Crippen LogP contribution >= 0.6 is 0 Å². The van der Waals surface area contributed by atoms with Gasteiger partial charge in [0.2, 0.25) is 0 Å². The summed E-state index contributed by atoms with van der Waals surface area (Å²) in [5.74, 6) is 2.56. The zero-order valence-corrected chi connectivity index (χ0v) is 12.3. The molecule has 5 nitrogen and oxygen atoms in total. The van der Waals surface area contributed by atoms with Crippen LogP contribution in [0.25, 0.3) is 0 Å². The number of nitrogens with one attached hydrogen (secondary N) is 2. The molecule has 0 fully saturated rings. The summed E-state index contributed by atoms with van der Waals surface area (Å²) in [5, 5.41) is 6.43. The highest BCUT2D eigenvalue weighted by Gasteiger charge is 2.04. The predicted molar refractivity (Wildman–Crippen MR) is 81.9 cm³/mol. The Morgan fingerprint density at radius 2 is 2.00 bits per heavy atom. The van der Waals surface area contributed by atoms with Crippen LogP contribution in [0.1, 0.15) is 30.3 Å². The second kappa shape index (κ2) is 6.84. The van der Waals surface area contributed by atoms with Crippen LogP contribution in [0, 0.1) is 6.92 Å². The molecule has 0 aliphatic carbocycles. The van der Waals surface area contributed by atoms with Gasteiger partial charge in [0.1, 0.15) is 17.5 Å². The van der Waals surface area contributed by atoms with Crippen LogP contribution in [-0.2, 0) is 13.0 Å². The van der Waals surface area contributed by atoms with E-state index in [-0.39, 0.29) is 0 Å². The van der Waals surface area contributed by atoms with Gasteiger partial charge in [0, 0.05) is 38.5 Å². The Balaban J connectivity index is 2.12. The molecule has 106 valence electrons. The van der Waals surface area contributed by atoms with Gasteiger partial charge in [0.05, 0.1) is 0 Å². The van der Waals surface area contributed by atoms with Crippen LogP contribution in [0.15, 0.2) is 24.5 Å². The van der Waals surface area contributed by atoms with Gasteiger partial charge >= 0.3 is 0 Å². The van der Waals surface area contributed by atoms with Gasteiger partial charge in [-0.2, -0.15) is 0 Å². The van der Waals surface area contributed by atoms with Crippen LogP contribution in [0.5, 0.6) is 0 Å². The van der Waals surface area contributed by atoms with Gasteiger partial charge in [-0.25, -0.2) is 9.97 Å². The minimum atomic E-state index is 0.736. The Morgan fingerprint density at radius 1 is 1.20 bits per heavy atom. The number of hydrogen-bond donors (Lipinski definition) is 2. The normalized spacial score (nSPS) is 10.3. The molecule has 0 atom stereocenters. The Bertz CT molecular complexity index is 568. The fourth-order valence-corrected chi connectivity index (χ4v) is 1.94. The van der Waals surface area contributed by atoms with E-state index in [0.717, 1.165) is 36.8 Å². The molecule has 2 N–H and O–H groups in total. The van der Waals surface area contributed by atoms with Crippen molar-refractivity contribution in [2.24, 2.45) is 0 Å². The van der Waals surface area contributed by atoms with Gasteiger partial charge in [0.25, 0.3) is 0 Å². The highest BCUT2D eigenvalue weighted by molar-refractivity contribution is 5.47. The third kappa shape index (κ3) is 3.66. The molecule has 20 heavy (non-hydrogen) atoms. The molecule has 0 radical (unpaired) electrons. The van der Waals surface area contributed by atoms with E-state index in [1.807, 2.05) is 31.6 Å². The van der Waals surface area contributed by atoms with Crippen molar-refractivity contribution in [3.63, 3.8) is 0 Å². The summed E-state index contributed by atoms with van der Waals surface area (Å²) >= 11 is 0. The standard InChI is InChI=1S/C15H21N5/c1-4-5-13-19-14(16-3)8-15(20-13)18-10-12-6-7-17-9-11(12)2/h6-9H,4-5,10H2,1-3H3,(H2,16,18,19,20). The molecule has 2 aromatic rings. The van der Waals surface area contributed by atoms with Crippen LogP contribution in [0.3, 0.4) is 0 Å². The van der Waals surface area contributed by atoms with E-state index in [4.69, 9.17) is 0 Å². The third-order valence-electron chi connectivity index (χ3n) is 3.10. The second-order valence-electron chi connectivity index (χ2n) is 4.71. The summed E-state index contributed by atoms with van der Waals surface area (Å²) in [4.78, 5) is 13.1. The maximum atomic E-state index is 4.54. The first kappa shape index (κ1) is 14.2. The van der Waals surface area contributed by atoms with E-state index >= 15 is 0 Å². The largest absolute Gasteiger partial charge is 0.373 e. The molecule has 0 unspecified atom stereocenters.